The van der Waals surface area contributed by atoms with E-state index in [0.29, 0.717) is 32.3 Å². The van der Waals surface area contributed by atoms with Crippen LogP contribution in [0.1, 0.15) is 105 Å². The molecule has 1 aliphatic carbocycles. The molecule has 6 N–H and O–H groups in total. The molecule has 2 aliphatic heterocycles. The van der Waals surface area contributed by atoms with Gasteiger partial charge >= 0.3 is 6.09 Å². The van der Waals surface area contributed by atoms with Crippen molar-refractivity contribution in [2.45, 2.75) is 148 Å². The first kappa shape index (κ1) is 44.9. The van der Waals surface area contributed by atoms with Crippen molar-refractivity contribution in [2.24, 2.45) is 17.8 Å². The normalized spacial score (nSPS) is 30.0. The molecule has 2 saturated heterocycles. The summed E-state index contributed by atoms with van der Waals surface area (Å²) in [5.74, 6) is -3.65. The fourth-order valence-corrected chi connectivity index (χ4v) is 7.14. The number of ether oxygens (including phenoxy) is 3. The van der Waals surface area contributed by atoms with Gasteiger partial charge in [-0.2, -0.15) is 0 Å². The summed E-state index contributed by atoms with van der Waals surface area (Å²) in [5, 5.41) is 22.7. The molecule has 0 spiro atoms. The Morgan fingerprint density at radius 3 is 2.17 bits per heavy atom. The van der Waals surface area contributed by atoms with Gasteiger partial charge in [-0.05, 0) is 44.4 Å². The fraction of sp³-hybridized carbons (Fsp3) is 0.842. The van der Waals surface area contributed by atoms with E-state index in [-0.39, 0.29) is 43.7 Å². The number of nitrogens with one attached hydrogen (secondary N) is 5. The average molecular weight is 767 g/mol. The summed E-state index contributed by atoms with van der Waals surface area (Å²) in [5.41, 5.74) is 0. The SMILES string of the molecule is CCCCCC[C@H]1OC[C@@H](C)NC(=O)[C@H](COCC2CO2)NC(=O)[C@H](CNC(=O)O)NC(=O)[C@H](C2CCCCC2)NC(=O)[C@H](CC(C)C)N(C)C(=O)[C@@H]1C. The van der Waals surface area contributed by atoms with Crippen LogP contribution in [0.25, 0.3) is 0 Å². The number of likely N-dealkylation sites (N-methyl/N-ethyl adjacent to an activating group) is 1. The second-order valence-corrected chi connectivity index (χ2v) is 15.7. The lowest BCUT2D eigenvalue weighted by Crippen LogP contribution is -2.62. The van der Waals surface area contributed by atoms with Gasteiger partial charge in [-0.25, -0.2) is 4.79 Å². The van der Waals surface area contributed by atoms with Crippen LogP contribution in [-0.2, 0) is 38.2 Å². The highest BCUT2D eigenvalue weighted by Crippen LogP contribution is 2.28. The molecular formula is C38H66N6O10. The van der Waals surface area contributed by atoms with Gasteiger partial charge in [-0.3, -0.25) is 24.0 Å². The smallest absolute Gasteiger partial charge is 0.404 e. The second-order valence-electron chi connectivity index (χ2n) is 15.7. The van der Waals surface area contributed by atoms with Crippen LogP contribution >= 0.6 is 0 Å². The largest absolute Gasteiger partial charge is 0.465 e. The van der Waals surface area contributed by atoms with Crippen molar-refractivity contribution in [1.29, 1.82) is 0 Å². The van der Waals surface area contributed by atoms with Gasteiger partial charge in [0, 0.05) is 13.1 Å². The zero-order chi connectivity index (χ0) is 39.8. The summed E-state index contributed by atoms with van der Waals surface area (Å²) >= 11 is 0. The van der Waals surface area contributed by atoms with Gasteiger partial charge in [0.05, 0.1) is 45.0 Å². The Morgan fingerprint density at radius 2 is 1.54 bits per heavy atom. The third-order valence-corrected chi connectivity index (χ3v) is 10.5. The van der Waals surface area contributed by atoms with E-state index in [0.717, 1.165) is 44.9 Å². The lowest BCUT2D eigenvalue weighted by atomic mass is 9.83. The number of amides is 6. The van der Waals surface area contributed by atoms with Crippen LogP contribution in [0.4, 0.5) is 4.79 Å². The minimum Gasteiger partial charge on any atom is -0.465 e. The maximum Gasteiger partial charge on any atom is 0.404 e. The molecule has 16 nitrogen and oxygen atoms in total. The first-order chi connectivity index (χ1) is 25.7. The van der Waals surface area contributed by atoms with E-state index in [1.54, 1.807) is 20.9 Å². The van der Waals surface area contributed by atoms with E-state index < -0.39 is 78.5 Å². The number of hydrogen-bond donors (Lipinski definition) is 6. The quantitative estimate of drug-likeness (QED) is 0.112. The zero-order valence-electron chi connectivity index (χ0n) is 33.2. The first-order valence-electron chi connectivity index (χ1n) is 20.0. The van der Waals surface area contributed by atoms with Crippen molar-refractivity contribution < 1.29 is 48.1 Å². The Kier molecular flexibility index (Phi) is 18.9. The number of rotatable bonds is 14. The van der Waals surface area contributed by atoms with Crippen molar-refractivity contribution in [2.75, 3.05) is 40.0 Å². The number of hydrogen-bond acceptors (Lipinski definition) is 9. The fourth-order valence-electron chi connectivity index (χ4n) is 7.14. The number of carbonyl (C=O) groups is 6. The van der Waals surface area contributed by atoms with Gasteiger partial charge < -0.3 is 50.8 Å². The summed E-state index contributed by atoms with van der Waals surface area (Å²) in [4.78, 5) is 83.1. The monoisotopic (exact) mass is 766 g/mol. The van der Waals surface area contributed by atoms with Crippen molar-refractivity contribution in [3.63, 3.8) is 0 Å². The van der Waals surface area contributed by atoms with Crippen LogP contribution in [0.15, 0.2) is 0 Å². The molecule has 0 aromatic carbocycles. The molecule has 3 fully saturated rings. The highest BCUT2D eigenvalue weighted by molar-refractivity contribution is 5.96. The van der Waals surface area contributed by atoms with E-state index >= 15 is 0 Å². The molecule has 54 heavy (non-hydrogen) atoms. The van der Waals surface area contributed by atoms with Crippen molar-refractivity contribution in [3.05, 3.63) is 0 Å². The highest BCUT2D eigenvalue weighted by Gasteiger charge is 2.39. The van der Waals surface area contributed by atoms with E-state index in [2.05, 4.69) is 33.5 Å². The van der Waals surface area contributed by atoms with E-state index in [9.17, 15) is 33.9 Å². The third-order valence-electron chi connectivity index (χ3n) is 10.5. The lowest BCUT2D eigenvalue weighted by Gasteiger charge is -2.36. The summed E-state index contributed by atoms with van der Waals surface area (Å²) in [6.45, 7) is 9.68. The predicted octanol–water partition coefficient (Wildman–Crippen LogP) is 2.09. The molecule has 16 heteroatoms. The van der Waals surface area contributed by atoms with Gasteiger partial charge in [-0.15, -0.1) is 0 Å². The number of epoxide rings is 1. The van der Waals surface area contributed by atoms with E-state index in [4.69, 9.17) is 14.2 Å². The van der Waals surface area contributed by atoms with Crippen LogP contribution < -0.4 is 26.6 Å². The standard InChI is InChI=1S/C38H66N6O10/c1-7-8-9-13-16-31-25(5)37(49)44(6)30(17-23(2)3)35(47)43-32(26-14-11-10-12-15-26)36(48)41-28(18-39-38(50)51)33(45)42-29(22-52-20-27-21-53-27)34(46)40-24(4)19-54-31/h23-32,39H,7-22H2,1-6H3,(H,40,46)(H,41,48)(H,42,45)(H,43,47)(H,50,51)/t24-,25-,27?,28+,29+,30+,31-,32+/m1/s1. The summed E-state index contributed by atoms with van der Waals surface area (Å²) in [6.07, 6.45) is 6.82. The molecular weight excluding hydrogens is 700 g/mol. The topological polar surface area (TPSA) is 217 Å². The molecule has 3 rings (SSSR count). The summed E-state index contributed by atoms with van der Waals surface area (Å²) in [6, 6.07) is -5.15. The molecule has 2 heterocycles. The molecule has 0 radical (unpaired) electrons. The van der Waals surface area contributed by atoms with Crippen LogP contribution in [0.2, 0.25) is 0 Å². The lowest BCUT2D eigenvalue weighted by molar-refractivity contribution is -0.147. The number of carboxylic acid groups (broad SMARTS) is 1. The van der Waals surface area contributed by atoms with E-state index in [1.165, 1.54) is 4.90 Å². The molecule has 308 valence electrons. The predicted molar refractivity (Wildman–Crippen MR) is 200 cm³/mol. The minimum atomic E-state index is -1.44. The van der Waals surface area contributed by atoms with Crippen LogP contribution in [0.3, 0.4) is 0 Å². The van der Waals surface area contributed by atoms with Crippen LogP contribution in [0.5, 0.6) is 0 Å². The number of nitrogens with zero attached hydrogens (tertiary/aromatic N) is 1. The van der Waals surface area contributed by atoms with Gasteiger partial charge in [0.15, 0.2) is 0 Å². The van der Waals surface area contributed by atoms with E-state index in [1.807, 2.05) is 13.8 Å². The van der Waals surface area contributed by atoms with Gasteiger partial charge in [0.25, 0.3) is 0 Å². The van der Waals surface area contributed by atoms with Crippen molar-refractivity contribution in [1.82, 2.24) is 31.5 Å². The maximum atomic E-state index is 14.3. The Labute approximate surface area is 320 Å². The Bertz CT molecular complexity index is 1240. The molecule has 0 bridgehead atoms. The Balaban J connectivity index is 2.02. The number of unbranched alkanes of at least 4 members (excludes halogenated alkanes) is 3. The minimum absolute atomic E-state index is 0.0318. The Hall–Kier alpha value is -3.50. The Morgan fingerprint density at radius 1 is 0.870 bits per heavy atom. The van der Waals surface area contributed by atoms with Crippen molar-refractivity contribution >= 4 is 35.6 Å². The molecule has 1 unspecified atom stereocenters. The molecule has 0 aromatic rings. The van der Waals surface area contributed by atoms with Gasteiger partial charge in [0.2, 0.25) is 29.5 Å². The second kappa shape index (κ2) is 22.8. The molecule has 3 aliphatic rings. The summed E-state index contributed by atoms with van der Waals surface area (Å²) < 4.78 is 17.3. The zero-order valence-corrected chi connectivity index (χ0v) is 33.2. The molecule has 8 atom stereocenters. The van der Waals surface area contributed by atoms with Gasteiger partial charge in [0.1, 0.15) is 30.3 Å². The summed E-state index contributed by atoms with van der Waals surface area (Å²) in [7, 11) is 1.61. The molecule has 0 aromatic heterocycles. The maximum absolute atomic E-state index is 14.3. The highest BCUT2D eigenvalue weighted by atomic mass is 16.6. The van der Waals surface area contributed by atoms with Gasteiger partial charge in [-0.1, -0.05) is 72.6 Å². The third kappa shape index (κ3) is 15.0. The van der Waals surface area contributed by atoms with Crippen LogP contribution in [-0.4, -0.2) is 128 Å². The van der Waals surface area contributed by atoms with Crippen molar-refractivity contribution in [3.8, 4) is 0 Å². The first-order valence-corrected chi connectivity index (χ1v) is 20.0. The number of carbonyl (C=O) groups excluding carboxylic acids is 5. The molecule has 6 amide bonds. The van der Waals surface area contributed by atoms with Crippen LogP contribution in [0, 0.1) is 17.8 Å². The average Bonchev–Trinajstić information content (AvgIpc) is 3.97. The molecule has 1 saturated carbocycles.